The van der Waals surface area contributed by atoms with Crippen molar-refractivity contribution in [2.75, 3.05) is 0 Å². The molecule has 8 heteroatoms. The molecule has 0 unspecified atom stereocenters. The molecule has 4 aromatic rings. The zero-order valence-electron chi connectivity index (χ0n) is 18.8. The van der Waals surface area contributed by atoms with Crippen LogP contribution in [0.15, 0.2) is 82.4 Å². The average molecular weight is 458 g/mol. The number of rotatable bonds is 6. The third-order valence-corrected chi connectivity index (χ3v) is 5.54. The average Bonchev–Trinajstić information content (AvgIpc) is 2.83. The molecule has 7 nitrogen and oxygen atoms in total. The summed E-state index contributed by atoms with van der Waals surface area (Å²) in [5, 5.41) is 6.81. The molecule has 3 aromatic carbocycles. The van der Waals surface area contributed by atoms with Crippen LogP contribution in [0.1, 0.15) is 32.7 Å². The maximum Gasteiger partial charge on any atom is 0.352 e. The molecule has 0 aliphatic heterocycles. The van der Waals surface area contributed by atoms with Crippen LogP contribution < -0.4 is 16.6 Å². The van der Waals surface area contributed by atoms with E-state index in [4.69, 9.17) is 0 Å². The van der Waals surface area contributed by atoms with Gasteiger partial charge in [-0.15, -0.1) is 0 Å². The molecule has 34 heavy (non-hydrogen) atoms. The zero-order valence-corrected chi connectivity index (χ0v) is 18.8. The van der Waals surface area contributed by atoms with Crippen LogP contribution in [0.3, 0.4) is 0 Å². The number of carbonyl (C=O) groups excluding carboxylic acids is 1. The lowest BCUT2D eigenvalue weighted by Gasteiger charge is -2.13. The molecule has 1 amide bonds. The summed E-state index contributed by atoms with van der Waals surface area (Å²) in [6.45, 7) is 3.80. The molecule has 172 valence electrons. The number of hydrogen-bond acceptors (Lipinski definition) is 4. The predicted molar refractivity (Wildman–Crippen MR) is 127 cm³/mol. The summed E-state index contributed by atoms with van der Waals surface area (Å²) in [5.41, 5.74) is 1.61. The fourth-order valence-corrected chi connectivity index (χ4v) is 3.50. The van der Waals surface area contributed by atoms with Crippen LogP contribution in [-0.2, 0) is 13.1 Å². The second-order valence-electron chi connectivity index (χ2n) is 8.00. The number of benzene rings is 3. The van der Waals surface area contributed by atoms with E-state index in [0.29, 0.717) is 11.3 Å². The fourth-order valence-electron chi connectivity index (χ4n) is 3.50. The second kappa shape index (κ2) is 9.66. The molecule has 0 aliphatic carbocycles. The third-order valence-electron chi connectivity index (χ3n) is 5.54. The highest BCUT2D eigenvalue weighted by molar-refractivity contribution is 5.91. The molecule has 0 bridgehead atoms. The highest BCUT2D eigenvalue weighted by Gasteiger charge is 2.20. The van der Waals surface area contributed by atoms with E-state index in [-0.39, 0.29) is 13.1 Å². The van der Waals surface area contributed by atoms with Crippen molar-refractivity contribution in [1.29, 1.82) is 0 Å². The number of hydrogen-bond donors (Lipinski definition) is 1. The van der Waals surface area contributed by atoms with Gasteiger partial charge >= 0.3 is 5.69 Å². The summed E-state index contributed by atoms with van der Waals surface area (Å²) in [6.07, 6.45) is 0. The molecule has 4 rings (SSSR count). The lowest BCUT2D eigenvalue weighted by Crippen LogP contribution is -2.46. The summed E-state index contributed by atoms with van der Waals surface area (Å²) in [7, 11) is 0. The van der Waals surface area contributed by atoms with Gasteiger partial charge in [0.1, 0.15) is 5.82 Å². The van der Waals surface area contributed by atoms with Crippen LogP contribution >= 0.6 is 0 Å². The standard InChI is InChI=1S/C26H23FN4O3/c1-17-11-12-22(13-18(17)2)31-26(34)30(16-20-9-6-10-21(27)14-20)25(33)23(29-31)24(32)28-15-19-7-4-3-5-8-19/h3-14H,15-16H2,1-2H3,(H,28,32). The van der Waals surface area contributed by atoms with Crippen LogP contribution in [0.2, 0.25) is 0 Å². The van der Waals surface area contributed by atoms with Crippen LogP contribution in [-0.4, -0.2) is 20.3 Å². The molecule has 0 spiro atoms. The summed E-state index contributed by atoms with van der Waals surface area (Å²) in [4.78, 5) is 39.4. The van der Waals surface area contributed by atoms with E-state index in [0.717, 1.165) is 25.9 Å². The molecule has 0 aliphatic rings. The molecular weight excluding hydrogens is 435 g/mol. The number of aryl methyl sites for hydroxylation is 2. The molecule has 1 aromatic heterocycles. The minimum Gasteiger partial charge on any atom is -0.346 e. The van der Waals surface area contributed by atoms with E-state index < -0.39 is 28.7 Å². The summed E-state index contributed by atoms with van der Waals surface area (Å²) < 4.78 is 15.6. The number of nitrogens with zero attached hydrogens (tertiary/aromatic N) is 3. The summed E-state index contributed by atoms with van der Waals surface area (Å²) in [5.74, 6) is -1.20. The normalized spacial score (nSPS) is 10.8. The van der Waals surface area contributed by atoms with E-state index >= 15 is 0 Å². The summed E-state index contributed by atoms with van der Waals surface area (Å²) >= 11 is 0. The van der Waals surface area contributed by atoms with Crippen molar-refractivity contribution >= 4 is 5.91 Å². The lowest BCUT2D eigenvalue weighted by atomic mass is 10.1. The molecule has 0 fully saturated rings. The number of aromatic nitrogens is 3. The maximum absolute atomic E-state index is 13.7. The van der Waals surface area contributed by atoms with Gasteiger partial charge in [-0.25, -0.2) is 9.18 Å². The van der Waals surface area contributed by atoms with Crippen LogP contribution in [0.4, 0.5) is 4.39 Å². The van der Waals surface area contributed by atoms with Crippen LogP contribution in [0.5, 0.6) is 0 Å². The number of nitrogens with one attached hydrogen (secondary N) is 1. The number of carbonyl (C=O) groups is 1. The van der Waals surface area contributed by atoms with Crippen molar-refractivity contribution in [1.82, 2.24) is 19.7 Å². The van der Waals surface area contributed by atoms with Crippen molar-refractivity contribution < 1.29 is 9.18 Å². The van der Waals surface area contributed by atoms with Gasteiger partial charge in [0.15, 0.2) is 0 Å². The van der Waals surface area contributed by atoms with E-state index in [1.54, 1.807) is 18.2 Å². The number of amides is 1. The topological polar surface area (TPSA) is 86.0 Å². The lowest BCUT2D eigenvalue weighted by molar-refractivity contribution is 0.0941. The molecule has 0 radical (unpaired) electrons. The van der Waals surface area contributed by atoms with Crippen LogP contribution in [0, 0.1) is 19.7 Å². The van der Waals surface area contributed by atoms with Gasteiger partial charge in [-0.1, -0.05) is 48.5 Å². The Morgan fingerprint density at radius 3 is 2.35 bits per heavy atom. The smallest absolute Gasteiger partial charge is 0.346 e. The van der Waals surface area contributed by atoms with E-state index in [2.05, 4.69) is 10.4 Å². The second-order valence-corrected chi connectivity index (χ2v) is 8.00. The van der Waals surface area contributed by atoms with Gasteiger partial charge in [-0.3, -0.25) is 14.2 Å². The van der Waals surface area contributed by atoms with Crippen molar-refractivity contribution in [2.45, 2.75) is 26.9 Å². The molecule has 0 atom stereocenters. The first kappa shape index (κ1) is 22.8. The molecule has 0 saturated heterocycles. The Balaban J connectivity index is 1.81. The van der Waals surface area contributed by atoms with Crippen molar-refractivity contribution in [3.8, 4) is 5.69 Å². The first-order valence-corrected chi connectivity index (χ1v) is 10.7. The molecule has 0 saturated carbocycles. The Morgan fingerprint density at radius 1 is 0.912 bits per heavy atom. The Kier molecular flexibility index (Phi) is 6.49. The van der Waals surface area contributed by atoms with Gasteiger partial charge < -0.3 is 5.32 Å². The predicted octanol–water partition coefficient (Wildman–Crippen LogP) is 3.13. The van der Waals surface area contributed by atoms with Gasteiger partial charge in [0, 0.05) is 6.54 Å². The fraction of sp³-hybridized carbons (Fsp3) is 0.154. The Morgan fingerprint density at radius 2 is 1.65 bits per heavy atom. The first-order chi connectivity index (χ1) is 16.3. The Hall–Kier alpha value is -4.33. The minimum atomic E-state index is -0.847. The van der Waals surface area contributed by atoms with Gasteiger partial charge in [0.2, 0.25) is 5.69 Å². The largest absolute Gasteiger partial charge is 0.352 e. The maximum atomic E-state index is 13.7. The number of halogens is 1. The Bertz CT molecular complexity index is 1480. The van der Waals surface area contributed by atoms with Crippen molar-refractivity contribution in [3.63, 3.8) is 0 Å². The van der Waals surface area contributed by atoms with Crippen LogP contribution in [0.25, 0.3) is 5.69 Å². The SMILES string of the molecule is Cc1ccc(-n2nc(C(=O)NCc3ccccc3)c(=O)n(Cc3cccc(F)c3)c2=O)cc1C. The summed E-state index contributed by atoms with van der Waals surface area (Å²) in [6, 6.07) is 20.1. The Labute approximate surface area is 195 Å². The third kappa shape index (κ3) is 4.85. The minimum absolute atomic E-state index is 0.188. The van der Waals surface area contributed by atoms with Gasteiger partial charge in [-0.05, 0) is 60.4 Å². The first-order valence-electron chi connectivity index (χ1n) is 10.7. The highest BCUT2D eigenvalue weighted by atomic mass is 19.1. The van der Waals surface area contributed by atoms with Gasteiger partial charge in [0.25, 0.3) is 11.5 Å². The van der Waals surface area contributed by atoms with E-state index in [9.17, 15) is 18.8 Å². The van der Waals surface area contributed by atoms with Gasteiger partial charge in [-0.2, -0.15) is 9.78 Å². The van der Waals surface area contributed by atoms with Crippen molar-refractivity contribution in [3.05, 3.63) is 127 Å². The molecule has 1 heterocycles. The monoisotopic (exact) mass is 458 g/mol. The van der Waals surface area contributed by atoms with E-state index in [1.165, 1.54) is 18.2 Å². The molecule has 1 N–H and O–H groups in total. The quantitative estimate of drug-likeness (QED) is 0.481. The highest BCUT2D eigenvalue weighted by Crippen LogP contribution is 2.12. The van der Waals surface area contributed by atoms with Gasteiger partial charge in [0.05, 0.1) is 12.2 Å². The van der Waals surface area contributed by atoms with E-state index in [1.807, 2.05) is 50.2 Å². The molecular formula is C26H23FN4O3. The van der Waals surface area contributed by atoms with Crippen molar-refractivity contribution in [2.24, 2.45) is 0 Å². The zero-order chi connectivity index (χ0) is 24.2.